The average Bonchev–Trinajstić information content (AvgIpc) is 2.46. The van der Waals surface area contributed by atoms with Gasteiger partial charge in [-0.25, -0.2) is 4.79 Å². The topological polar surface area (TPSA) is 42.7 Å². The van der Waals surface area contributed by atoms with Crippen molar-refractivity contribution in [2.75, 3.05) is 20.2 Å². The van der Waals surface area contributed by atoms with Crippen LogP contribution in [0.2, 0.25) is 0 Å². The van der Waals surface area contributed by atoms with Gasteiger partial charge < -0.3 is 9.15 Å². The number of hydrogen-bond acceptors (Lipinski definition) is 4. The van der Waals surface area contributed by atoms with Crippen LogP contribution in [0.25, 0.3) is 11.0 Å². The number of methoxy groups -OCH3 is 1. The normalized spacial score (nSPS) is 19.8. The van der Waals surface area contributed by atoms with Gasteiger partial charge in [0.05, 0.1) is 7.11 Å². The number of rotatable bonds is 3. The van der Waals surface area contributed by atoms with Crippen molar-refractivity contribution < 1.29 is 9.15 Å². The van der Waals surface area contributed by atoms with E-state index in [0.29, 0.717) is 11.3 Å². The lowest BCUT2D eigenvalue weighted by Gasteiger charge is -2.30. The van der Waals surface area contributed by atoms with E-state index in [1.807, 2.05) is 12.1 Å². The van der Waals surface area contributed by atoms with Crippen molar-refractivity contribution >= 4 is 11.0 Å². The Labute approximate surface area is 124 Å². The molecule has 2 aromatic rings. The summed E-state index contributed by atoms with van der Waals surface area (Å²) in [6, 6.07) is 7.28. The number of hydrogen-bond donors (Lipinski definition) is 0. The minimum atomic E-state index is -0.296. The number of likely N-dealkylation sites (tertiary alicyclic amines) is 1. The maximum atomic E-state index is 11.8. The molecule has 0 aliphatic carbocycles. The van der Waals surface area contributed by atoms with Crippen LogP contribution in [0.5, 0.6) is 5.75 Å². The Morgan fingerprint density at radius 3 is 3.00 bits per heavy atom. The maximum Gasteiger partial charge on any atom is 0.336 e. The summed E-state index contributed by atoms with van der Waals surface area (Å²) in [4.78, 5) is 14.2. The number of nitrogens with zero attached hydrogens (tertiary/aromatic N) is 1. The lowest BCUT2D eigenvalue weighted by atomic mass is 9.99. The molecule has 0 amide bonds. The molecule has 112 valence electrons. The fourth-order valence-corrected chi connectivity index (χ4v) is 3.14. The van der Waals surface area contributed by atoms with Gasteiger partial charge in [-0.05, 0) is 43.0 Å². The van der Waals surface area contributed by atoms with E-state index < -0.39 is 0 Å². The van der Waals surface area contributed by atoms with Crippen LogP contribution in [-0.2, 0) is 6.54 Å². The van der Waals surface area contributed by atoms with E-state index in [9.17, 15) is 4.79 Å². The molecule has 3 rings (SSSR count). The van der Waals surface area contributed by atoms with Gasteiger partial charge in [-0.1, -0.05) is 6.92 Å². The third-order valence-corrected chi connectivity index (χ3v) is 4.17. The second-order valence-electron chi connectivity index (χ2n) is 5.94. The molecule has 1 unspecified atom stereocenters. The predicted octanol–water partition coefficient (Wildman–Crippen LogP) is 3.03. The summed E-state index contributed by atoms with van der Waals surface area (Å²) in [7, 11) is 1.61. The minimum Gasteiger partial charge on any atom is -0.497 e. The molecule has 0 saturated carbocycles. The van der Waals surface area contributed by atoms with Crippen LogP contribution in [0.1, 0.15) is 25.3 Å². The maximum absolute atomic E-state index is 11.8. The van der Waals surface area contributed by atoms with Crippen LogP contribution in [0.3, 0.4) is 0 Å². The molecule has 1 aliphatic heterocycles. The monoisotopic (exact) mass is 287 g/mol. The Morgan fingerprint density at radius 1 is 1.38 bits per heavy atom. The zero-order valence-corrected chi connectivity index (χ0v) is 12.6. The van der Waals surface area contributed by atoms with Crippen LogP contribution in [-0.4, -0.2) is 25.1 Å². The van der Waals surface area contributed by atoms with Crippen LogP contribution in [0.15, 0.2) is 33.5 Å². The molecule has 1 aromatic carbocycles. The van der Waals surface area contributed by atoms with Gasteiger partial charge in [-0.2, -0.15) is 0 Å². The summed E-state index contributed by atoms with van der Waals surface area (Å²) in [6.45, 7) is 5.29. The van der Waals surface area contributed by atoms with Crippen LogP contribution in [0, 0.1) is 5.92 Å². The summed E-state index contributed by atoms with van der Waals surface area (Å²) in [6.07, 6.45) is 2.53. The van der Waals surface area contributed by atoms with Crippen molar-refractivity contribution in [2.45, 2.75) is 26.3 Å². The first kappa shape index (κ1) is 14.1. The molecule has 0 N–H and O–H groups in total. The van der Waals surface area contributed by atoms with Crippen LogP contribution >= 0.6 is 0 Å². The first-order valence-electron chi connectivity index (χ1n) is 7.49. The average molecular weight is 287 g/mol. The SMILES string of the molecule is COc1ccc2c(CN3CCCC(C)C3)cc(=O)oc2c1. The molecule has 4 nitrogen and oxygen atoms in total. The highest BCUT2D eigenvalue weighted by molar-refractivity contribution is 5.81. The van der Waals surface area contributed by atoms with E-state index in [-0.39, 0.29) is 5.63 Å². The van der Waals surface area contributed by atoms with Crippen molar-refractivity contribution in [1.29, 1.82) is 0 Å². The Hall–Kier alpha value is -1.81. The standard InChI is InChI=1S/C17H21NO3/c1-12-4-3-7-18(10-12)11-13-8-17(19)21-16-9-14(20-2)5-6-15(13)16/h5-6,8-9,12H,3-4,7,10-11H2,1-2H3. The molecule has 4 heteroatoms. The van der Waals surface area contributed by atoms with E-state index >= 15 is 0 Å². The molecule has 0 radical (unpaired) electrons. The zero-order valence-electron chi connectivity index (χ0n) is 12.6. The third-order valence-electron chi connectivity index (χ3n) is 4.17. The van der Waals surface area contributed by atoms with E-state index in [0.717, 1.165) is 36.5 Å². The quantitative estimate of drug-likeness (QED) is 0.814. The number of benzene rings is 1. The predicted molar refractivity (Wildman–Crippen MR) is 82.7 cm³/mol. The highest BCUT2D eigenvalue weighted by Crippen LogP contribution is 2.25. The molecular formula is C17H21NO3. The van der Waals surface area contributed by atoms with Gasteiger partial charge in [-0.3, -0.25) is 4.90 Å². The summed E-state index contributed by atoms with van der Waals surface area (Å²) in [5.41, 5.74) is 1.34. The van der Waals surface area contributed by atoms with E-state index in [1.165, 1.54) is 12.8 Å². The third kappa shape index (κ3) is 3.10. The van der Waals surface area contributed by atoms with Crippen molar-refractivity contribution in [3.05, 3.63) is 40.2 Å². The summed E-state index contributed by atoms with van der Waals surface area (Å²) >= 11 is 0. The zero-order chi connectivity index (χ0) is 14.8. The van der Waals surface area contributed by atoms with Crippen molar-refractivity contribution in [3.63, 3.8) is 0 Å². The smallest absolute Gasteiger partial charge is 0.336 e. The van der Waals surface area contributed by atoms with Gasteiger partial charge >= 0.3 is 5.63 Å². The molecule has 1 aliphatic rings. The molecular weight excluding hydrogens is 266 g/mol. The highest BCUT2D eigenvalue weighted by Gasteiger charge is 2.18. The van der Waals surface area contributed by atoms with Crippen molar-refractivity contribution in [3.8, 4) is 5.75 Å². The Balaban J connectivity index is 1.95. The van der Waals surface area contributed by atoms with Gasteiger partial charge in [0.15, 0.2) is 0 Å². The molecule has 1 saturated heterocycles. The molecule has 1 fully saturated rings. The molecule has 1 aromatic heterocycles. The van der Waals surface area contributed by atoms with E-state index in [2.05, 4.69) is 11.8 Å². The minimum absolute atomic E-state index is 0.296. The first-order valence-corrected chi connectivity index (χ1v) is 7.49. The van der Waals surface area contributed by atoms with Gasteiger partial charge in [0.1, 0.15) is 11.3 Å². The van der Waals surface area contributed by atoms with Crippen LogP contribution in [0.4, 0.5) is 0 Å². The second kappa shape index (κ2) is 5.90. The fraction of sp³-hybridized carbons (Fsp3) is 0.471. The molecule has 0 spiro atoms. The largest absolute Gasteiger partial charge is 0.497 e. The summed E-state index contributed by atoms with van der Waals surface area (Å²) in [5.74, 6) is 1.43. The summed E-state index contributed by atoms with van der Waals surface area (Å²) < 4.78 is 10.5. The molecule has 21 heavy (non-hydrogen) atoms. The second-order valence-corrected chi connectivity index (χ2v) is 5.94. The lowest BCUT2D eigenvalue weighted by Crippen LogP contribution is -2.33. The number of piperidine rings is 1. The van der Waals surface area contributed by atoms with Crippen LogP contribution < -0.4 is 10.4 Å². The van der Waals surface area contributed by atoms with E-state index in [4.69, 9.17) is 9.15 Å². The van der Waals surface area contributed by atoms with Gasteiger partial charge in [0.2, 0.25) is 0 Å². The fourth-order valence-electron chi connectivity index (χ4n) is 3.14. The first-order chi connectivity index (χ1) is 10.2. The molecule has 0 bridgehead atoms. The number of ether oxygens (including phenoxy) is 1. The van der Waals surface area contributed by atoms with Crippen molar-refractivity contribution in [2.24, 2.45) is 5.92 Å². The van der Waals surface area contributed by atoms with E-state index in [1.54, 1.807) is 19.2 Å². The van der Waals surface area contributed by atoms with Gasteiger partial charge in [-0.15, -0.1) is 0 Å². The Morgan fingerprint density at radius 2 is 2.24 bits per heavy atom. The summed E-state index contributed by atoms with van der Waals surface area (Å²) in [5, 5.41) is 0.994. The van der Waals surface area contributed by atoms with Gasteiger partial charge in [0.25, 0.3) is 0 Å². The van der Waals surface area contributed by atoms with Gasteiger partial charge in [0, 0.05) is 30.6 Å². The molecule has 1 atom stereocenters. The number of fused-ring (bicyclic) bond motifs is 1. The van der Waals surface area contributed by atoms with Crippen molar-refractivity contribution in [1.82, 2.24) is 4.90 Å². The molecule has 2 heterocycles. The lowest BCUT2D eigenvalue weighted by molar-refractivity contribution is 0.177. The highest BCUT2D eigenvalue weighted by atomic mass is 16.5. The Kier molecular flexibility index (Phi) is 3.97. The Bertz CT molecular complexity index is 692.